The number of hydrogen-bond acceptors (Lipinski definition) is 4. The summed E-state index contributed by atoms with van der Waals surface area (Å²) in [5, 5.41) is 0. The van der Waals surface area contributed by atoms with Crippen LogP contribution in [-0.2, 0) is 19.1 Å². The molecule has 1 heterocycles. The third kappa shape index (κ3) is 3.49. The molecule has 16 heavy (non-hydrogen) atoms. The summed E-state index contributed by atoms with van der Waals surface area (Å²) in [6.45, 7) is 3.24. The summed E-state index contributed by atoms with van der Waals surface area (Å²) in [6.07, 6.45) is 3.95. The number of likely N-dealkylation sites (tertiary alicyclic amines) is 1. The molecule has 1 saturated heterocycles. The summed E-state index contributed by atoms with van der Waals surface area (Å²) in [6, 6.07) is 0. The second-order valence-electron chi connectivity index (χ2n) is 3.56. The third-order valence-corrected chi connectivity index (χ3v) is 2.38. The highest BCUT2D eigenvalue weighted by Gasteiger charge is 2.23. The lowest BCUT2D eigenvalue weighted by molar-refractivity contribution is -0.153. The Morgan fingerprint density at radius 1 is 1.38 bits per heavy atom. The van der Waals surface area contributed by atoms with Crippen LogP contribution in [0, 0.1) is 0 Å². The van der Waals surface area contributed by atoms with Crippen molar-refractivity contribution in [2.75, 3.05) is 13.2 Å². The summed E-state index contributed by atoms with van der Waals surface area (Å²) in [5.41, 5.74) is 0. The van der Waals surface area contributed by atoms with Crippen LogP contribution in [0.5, 0.6) is 0 Å². The largest absolute Gasteiger partial charge is 0.452 e. The Morgan fingerprint density at radius 3 is 2.81 bits per heavy atom. The molecule has 0 spiro atoms. The van der Waals surface area contributed by atoms with Crippen molar-refractivity contribution in [2.45, 2.75) is 25.7 Å². The van der Waals surface area contributed by atoms with E-state index in [4.69, 9.17) is 0 Å². The number of carbonyl (C=O) groups is 3. The van der Waals surface area contributed by atoms with Crippen LogP contribution in [0.1, 0.15) is 25.7 Å². The van der Waals surface area contributed by atoms with Crippen molar-refractivity contribution in [1.82, 2.24) is 4.90 Å². The van der Waals surface area contributed by atoms with Gasteiger partial charge in [0.05, 0.1) is 0 Å². The van der Waals surface area contributed by atoms with Crippen LogP contribution < -0.4 is 0 Å². The third-order valence-electron chi connectivity index (χ3n) is 2.38. The van der Waals surface area contributed by atoms with Gasteiger partial charge in [0.2, 0.25) is 5.91 Å². The number of esters is 1. The van der Waals surface area contributed by atoms with E-state index in [2.05, 4.69) is 11.3 Å². The maximum absolute atomic E-state index is 11.6. The van der Waals surface area contributed by atoms with E-state index in [0.29, 0.717) is 13.0 Å². The second-order valence-corrected chi connectivity index (χ2v) is 3.56. The van der Waals surface area contributed by atoms with Gasteiger partial charge in [0.25, 0.3) is 5.91 Å². The Balaban J connectivity index is 2.47. The molecule has 0 saturated carbocycles. The molecule has 1 fully saturated rings. The van der Waals surface area contributed by atoms with Gasteiger partial charge in [-0.2, -0.15) is 0 Å². The van der Waals surface area contributed by atoms with Gasteiger partial charge in [0.15, 0.2) is 6.61 Å². The molecule has 88 valence electrons. The summed E-state index contributed by atoms with van der Waals surface area (Å²) < 4.78 is 4.59. The summed E-state index contributed by atoms with van der Waals surface area (Å²) in [4.78, 5) is 35.0. The van der Waals surface area contributed by atoms with Crippen LogP contribution >= 0.6 is 0 Å². The molecule has 0 aromatic rings. The van der Waals surface area contributed by atoms with Gasteiger partial charge in [0, 0.05) is 19.0 Å². The monoisotopic (exact) mass is 225 g/mol. The molecule has 1 rings (SSSR count). The highest BCUT2D eigenvalue weighted by atomic mass is 16.5. The summed E-state index contributed by atoms with van der Waals surface area (Å²) in [7, 11) is 0. The first-order valence-electron chi connectivity index (χ1n) is 5.27. The van der Waals surface area contributed by atoms with Crippen molar-refractivity contribution in [3.63, 3.8) is 0 Å². The zero-order valence-corrected chi connectivity index (χ0v) is 9.11. The van der Waals surface area contributed by atoms with Crippen LogP contribution in [0.4, 0.5) is 0 Å². The van der Waals surface area contributed by atoms with Crippen molar-refractivity contribution >= 4 is 17.8 Å². The topological polar surface area (TPSA) is 63.7 Å². The minimum atomic E-state index is -0.657. The predicted molar refractivity (Wildman–Crippen MR) is 56.3 cm³/mol. The fourth-order valence-corrected chi connectivity index (χ4v) is 1.52. The Kier molecular flexibility index (Phi) is 4.69. The zero-order chi connectivity index (χ0) is 12.0. The number of ether oxygens (including phenoxy) is 1. The van der Waals surface area contributed by atoms with E-state index in [1.807, 2.05) is 0 Å². The highest BCUT2D eigenvalue weighted by molar-refractivity contribution is 5.97. The van der Waals surface area contributed by atoms with E-state index in [-0.39, 0.29) is 5.91 Å². The first-order chi connectivity index (χ1) is 7.65. The Morgan fingerprint density at radius 2 is 2.12 bits per heavy atom. The smallest absolute Gasteiger partial charge is 0.330 e. The number of amides is 2. The van der Waals surface area contributed by atoms with E-state index in [9.17, 15) is 14.4 Å². The standard InChI is InChI=1S/C11H15NO4/c1-2-11(15)16-8-10(14)12-7-5-3-4-6-9(12)13/h2H,1,3-8H2. The molecule has 0 radical (unpaired) electrons. The minimum Gasteiger partial charge on any atom is -0.452 e. The second kappa shape index (κ2) is 6.05. The van der Waals surface area contributed by atoms with E-state index in [1.165, 1.54) is 4.90 Å². The van der Waals surface area contributed by atoms with Crippen LogP contribution in [0.25, 0.3) is 0 Å². The fraction of sp³-hybridized carbons (Fsp3) is 0.545. The first-order valence-corrected chi connectivity index (χ1v) is 5.27. The molecule has 0 N–H and O–H groups in total. The van der Waals surface area contributed by atoms with Crippen LogP contribution in [-0.4, -0.2) is 35.8 Å². The zero-order valence-electron chi connectivity index (χ0n) is 9.11. The van der Waals surface area contributed by atoms with Gasteiger partial charge >= 0.3 is 5.97 Å². The van der Waals surface area contributed by atoms with Crippen molar-refractivity contribution in [1.29, 1.82) is 0 Å². The first kappa shape index (κ1) is 12.4. The summed E-state index contributed by atoms with van der Waals surface area (Å²) >= 11 is 0. The van der Waals surface area contributed by atoms with Gasteiger partial charge in [-0.1, -0.05) is 13.0 Å². The number of rotatable bonds is 3. The van der Waals surface area contributed by atoms with E-state index in [0.717, 1.165) is 25.3 Å². The Bertz CT molecular complexity index is 311. The van der Waals surface area contributed by atoms with Gasteiger partial charge in [-0.15, -0.1) is 0 Å². The van der Waals surface area contributed by atoms with Crippen molar-refractivity contribution in [3.05, 3.63) is 12.7 Å². The molecule has 2 amide bonds. The van der Waals surface area contributed by atoms with Gasteiger partial charge in [-0.05, 0) is 12.8 Å². The highest BCUT2D eigenvalue weighted by Crippen LogP contribution is 2.11. The molecule has 0 bridgehead atoms. The van der Waals surface area contributed by atoms with Gasteiger partial charge < -0.3 is 4.74 Å². The molecule has 1 aliphatic rings. The van der Waals surface area contributed by atoms with Gasteiger partial charge in [-0.3, -0.25) is 14.5 Å². The molecule has 0 atom stereocenters. The average Bonchev–Trinajstić information content (AvgIpc) is 2.50. The lowest BCUT2D eigenvalue weighted by Gasteiger charge is -2.17. The van der Waals surface area contributed by atoms with Crippen molar-refractivity contribution in [2.24, 2.45) is 0 Å². The lowest BCUT2D eigenvalue weighted by atomic mass is 10.2. The number of nitrogens with zero attached hydrogens (tertiary/aromatic N) is 1. The Hall–Kier alpha value is -1.65. The Labute approximate surface area is 94.1 Å². The molecule has 0 unspecified atom stereocenters. The van der Waals surface area contributed by atoms with Crippen LogP contribution in [0.15, 0.2) is 12.7 Å². The number of hydrogen-bond donors (Lipinski definition) is 0. The summed E-state index contributed by atoms with van der Waals surface area (Å²) in [5.74, 6) is -1.30. The molecule has 1 aliphatic heterocycles. The normalized spacial score (nSPS) is 16.5. The van der Waals surface area contributed by atoms with Gasteiger partial charge in [0.1, 0.15) is 0 Å². The molecule has 0 aromatic carbocycles. The predicted octanol–water partition coefficient (Wildman–Crippen LogP) is 0.645. The average molecular weight is 225 g/mol. The van der Waals surface area contributed by atoms with Crippen LogP contribution in [0.2, 0.25) is 0 Å². The molecular formula is C11H15NO4. The quantitative estimate of drug-likeness (QED) is 0.522. The minimum absolute atomic E-state index is 0.183. The van der Waals surface area contributed by atoms with E-state index in [1.54, 1.807) is 0 Å². The maximum Gasteiger partial charge on any atom is 0.330 e. The molecule has 0 aliphatic carbocycles. The van der Waals surface area contributed by atoms with Crippen molar-refractivity contribution in [3.8, 4) is 0 Å². The number of carbonyl (C=O) groups excluding carboxylic acids is 3. The molecule has 5 heteroatoms. The maximum atomic E-state index is 11.6. The number of imide groups is 1. The van der Waals surface area contributed by atoms with E-state index >= 15 is 0 Å². The van der Waals surface area contributed by atoms with Crippen molar-refractivity contribution < 1.29 is 19.1 Å². The SMILES string of the molecule is C=CC(=O)OCC(=O)N1CCCCCC1=O. The molecule has 5 nitrogen and oxygen atoms in total. The lowest BCUT2D eigenvalue weighted by Crippen LogP contribution is -2.39. The van der Waals surface area contributed by atoms with E-state index < -0.39 is 18.5 Å². The molecular weight excluding hydrogens is 210 g/mol. The molecule has 0 aromatic heterocycles. The van der Waals surface area contributed by atoms with Gasteiger partial charge in [-0.25, -0.2) is 4.79 Å². The fourth-order valence-electron chi connectivity index (χ4n) is 1.52. The van der Waals surface area contributed by atoms with Crippen LogP contribution in [0.3, 0.4) is 0 Å².